The molecule has 0 bridgehead atoms. The van der Waals surface area contributed by atoms with Crippen molar-refractivity contribution in [3.05, 3.63) is 24.0 Å². The minimum absolute atomic E-state index is 0.683. The summed E-state index contributed by atoms with van der Waals surface area (Å²) in [6.07, 6.45) is 3.79. The van der Waals surface area contributed by atoms with Gasteiger partial charge in [0, 0.05) is 18.2 Å². The van der Waals surface area contributed by atoms with Crippen LogP contribution >= 0.6 is 0 Å². The molecule has 2 aromatic rings. The molecule has 3 nitrogen and oxygen atoms in total. The van der Waals surface area contributed by atoms with E-state index in [0.717, 1.165) is 17.7 Å². The first-order valence-electron chi connectivity index (χ1n) is 6.94. The van der Waals surface area contributed by atoms with Gasteiger partial charge in [-0.25, -0.2) is 4.98 Å². The molecule has 2 N–H and O–H groups in total. The van der Waals surface area contributed by atoms with E-state index in [-0.39, 0.29) is 0 Å². The van der Waals surface area contributed by atoms with E-state index in [1.165, 1.54) is 30.6 Å². The summed E-state index contributed by atoms with van der Waals surface area (Å²) in [6, 6.07) is 6.09. The zero-order valence-corrected chi connectivity index (χ0v) is 11.2. The van der Waals surface area contributed by atoms with Gasteiger partial charge in [0.05, 0.1) is 11.0 Å². The van der Waals surface area contributed by atoms with Gasteiger partial charge in [0.15, 0.2) is 0 Å². The standard InChI is InChI=1S/C15H21N3/c1-3-10(2)9-18-14-7-6-12(16)8-13(14)17-15(18)11-4-5-11/h6-8,10-11H,3-5,9,16H2,1-2H3. The van der Waals surface area contributed by atoms with Gasteiger partial charge < -0.3 is 10.3 Å². The monoisotopic (exact) mass is 243 g/mol. The Balaban J connectivity index is 2.09. The number of benzene rings is 1. The van der Waals surface area contributed by atoms with Gasteiger partial charge in [-0.3, -0.25) is 0 Å². The zero-order valence-electron chi connectivity index (χ0n) is 11.2. The number of imidazole rings is 1. The Labute approximate surface area is 108 Å². The van der Waals surface area contributed by atoms with E-state index in [1.54, 1.807) is 0 Å². The Morgan fingerprint density at radius 1 is 1.44 bits per heavy atom. The molecule has 0 amide bonds. The van der Waals surface area contributed by atoms with Crippen molar-refractivity contribution in [3.8, 4) is 0 Å². The molecule has 0 aliphatic heterocycles. The van der Waals surface area contributed by atoms with Gasteiger partial charge in [0.1, 0.15) is 5.82 Å². The number of hydrogen-bond donors (Lipinski definition) is 1. The molecule has 1 fully saturated rings. The van der Waals surface area contributed by atoms with Gasteiger partial charge >= 0.3 is 0 Å². The van der Waals surface area contributed by atoms with Gasteiger partial charge in [-0.15, -0.1) is 0 Å². The minimum atomic E-state index is 0.683. The first-order valence-corrected chi connectivity index (χ1v) is 6.94. The summed E-state index contributed by atoms with van der Waals surface area (Å²) in [5.74, 6) is 2.65. The van der Waals surface area contributed by atoms with Crippen LogP contribution in [0.15, 0.2) is 18.2 Å². The maximum absolute atomic E-state index is 5.85. The molecule has 1 aliphatic rings. The molecule has 1 heterocycles. The normalized spacial score (nSPS) is 17.2. The molecule has 0 radical (unpaired) electrons. The van der Waals surface area contributed by atoms with Crippen molar-refractivity contribution in [3.63, 3.8) is 0 Å². The Morgan fingerprint density at radius 2 is 2.22 bits per heavy atom. The lowest BCUT2D eigenvalue weighted by atomic mass is 10.1. The van der Waals surface area contributed by atoms with Crippen LogP contribution in [0.25, 0.3) is 11.0 Å². The molecule has 18 heavy (non-hydrogen) atoms. The van der Waals surface area contributed by atoms with Crippen molar-refractivity contribution in [2.24, 2.45) is 5.92 Å². The third kappa shape index (κ3) is 1.98. The Morgan fingerprint density at radius 3 is 2.89 bits per heavy atom. The summed E-state index contributed by atoms with van der Waals surface area (Å²) in [6.45, 7) is 5.63. The summed E-state index contributed by atoms with van der Waals surface area (Å²) in [7, 11) is 0. The fourth-order valence-corrected chi connectivity index (χ4v) is 2.45. The summed E-state index contributed by atoms with van der Waals surface area (Å²) in [5, 5.41) is 0. The molecule has 3 heteroatoms. The van der Waals surface area contributed by atoms with Crippen molar-refractivity contribution >= 4 is 16.7 Å². The smallest absolute Gasteiger partial charge is 0.113 e. The molecule has 1 atom stereocenters. The third-order valence-electron chi connectivity index (χ3n) is 3.94. The SMILES string of the molecule is CCC(C)Cn1c(C2CC2)nc2cc(N)ccc21. The predicted molar refractivity (Wildman–Crippen MR) is 75.6 cm³/mol. The Kier molecular flexibility index (Phi) is 2.77. The lowest BCUT2D eigenvalue weighted by Crippen LogP contribution is -2.09. The van der Waals surface area contributed by atoms with Crippen LogP contribution in [0.2, 0.25) is 0 Å². The van der Waals surface area contributed by atoms with Crippen molar-refractivity contribution in [2.45, 2.75) is 45.6 Å². The molecule has 0 spiro atoms. The molecular weight excluding hydrogens is 222 g/mol. The van der Waals surface area contributed by atoms with Gasteiger partial charge in [-0.05, 0) is 37.0 Å². The number of fused-ring (bicyclic) bond motifs is 1. The Hall–Kier alpha value is -1.51. The fraction of sp³-hybridized carbons (Fsp3) is 0.533. The highest BCUT2D eigenvalue weighted by Gasteiger charge is 2.29. The highest BCUT2D eigenvalue weighted by molar-refractivity contribution is 5.79. The van der Waals surface area contributed by atoms with Crippen LogP contribution in [0.3, 0.4) is 0 Å². The lowest BCUT2D eigenvalue weighted by Gasteiger charge is -2.13. The van der Waals surface area contributed by atoms with E-state index >= 15 is 0 Å². The largest absolute Gasteiger partial charge is 0.399 e. The van der Waals surface area contributed by atoms with Crippen molar-refractivity contribution in [1.29, 1.82) is 0 Å². The van der Waals surface area contributed by atoms with Crippen LogP contribution in [-0.4, -0.2) is 9.55 Å². The van der Waals surface area contributed by atoms with E-state index in [4.69, 9.17) is 10.7 Å². The van der Waals surface area contributed by atoms with Crippen LogP contribution in [0.4, 0.5) is 5.69 Å². The molecule has 0 saturated heterocycles. The zero-order chi connectivity index (χ0) is 12.7. The van der Waals surface area contributed by atoms with Crippen molar-refractivity contribution in [1.82, 2.24) is 9.55 Å². The maximum atomic E-state index is 5.85. The number of nitrogen functional groups attached to an aromatic ring is 1. The minimum Gasteiger partial charge on any atom is -0.399 e. The van der Waals surface area contributed by atoms with Gasteiger partial charge in [-0.1, -0.05) is 20.3 Å². The average Bonchev–Trinajstić information content (AvgIpc) is 3.14. The van der Waals surface area contributed by atoms with Crippen molar-refractivity contribution < 1.29 is 0 Å². The van der Waals surface area contributed by atoms with E-state index in [0.29, 0.717) is 11.8 Å². The van der Waals surface area contributed by atoms with Crippen LogP contribution < -0.4 is 5.73 Å². The second-order valence-corrected chi connectivity index (χ2v) is 5.62. The molecule has 96 valence electrons. The number of hydrogen-bond acceptors (Lipinski definition) is 2. The molecule has 1 unspecified atom stereocenters. The van der Waals surface area contributed by atoms with Gasteiger partial charge in [0.2, 0.25) is 0 Å². The Bertz CT molecular complexity index is 566. The predicted octanol–water partition coefficient (Wildman–Crippen LogP) is 3.54. The lowest BCUT2D eigenvalue weighted by molar-refractivity contribution is 0.465. The second kappa shape index (κ2) is 4.30. The van der Waals surface area contributed by atoms with Crippen LogP contribution in [0, 0.1) is 5.92 Å². The molecule has 1 saturated carbocycles. The average molecular weight is 243 g/mol. The topological polar surface area (TPSA) is 43.8 Å². The molecule has 1 aliphatic carbocycles. The first kappa shape index (κ1) is 11.6. The third-order valence-corrected chi connectivity index (χ3v) is 3.94. The highest BCUT2D eigenvalue weighted by atomic mass is 15.1. The second-order valence-electron chi connectivity index (χ2n) is 5.62. The van der Waals surface area contributed by atoms with Crippen molar-refractivity contribution in [2.75, 3.05) is 5.73 Å². The number of anilines is 1. The van der Waals surface area contributed by atoms with Gasteiger partial charge in [-0.2, -0.15) is 0 Å². The van der Waals surface area contributed by atoms with Crippen LogP contribution in [0.1, 0.15) is 44.9 Å². The van der Waals surface area contributed by atoms with Crippen LogP contribution in [0.5, 0.6) is 0 Å². The summed E-state index contributed by atoms with van der Waals surface area (Å²) >= 11 is 0. The van der Waals surface area contributed by atoms with Gasteiger partial charge in [0.25, 0.3) is 0 Å². The van der Waals surface area contributed by atoms with E-state index in [9.17, 15) is 0 Å². The number of rotatable bonds is 4. The highest BCUT2D eigenvalue weighted by Crippen LogP contribution is 2.41. The summed E-state index contributed by atoms with van der Waals surface area (Å²) in [4.78, 5) is 4.81. The molecule has 3 rings (SSSR count). The maximum Gasteiger partial charge on any atom is 0.113 e. The number of aromatic nitrogens is 2. The first-order chi connectivity index (χ1) is 8.69. The molecular formula is C15H21N3. The number of nitrogens with zero attached hydrogens (tertiary/aromatic N) is 2. The van der Waals surface area contributed by atoms with E-state index in [2.05, 4.69) is 24.5 Å². The van der Waals surface area contributed by atoms with Crippen LogP contribution in [-0.2, 0) is 6.54 Å². The van der Waals surface area contributed by atoms with E-state index in [1.807, 2.05) is 12.1 Å². The fourth-order valence-electron chi connectivity index (χ4n) is 2.45. The summed E-state index contributed by atoms with van der Waals surface area (Å²) < 4.78 is 2.42. The van der Waals surface area contributed by atoms with E-state index < -0.39 is 0 Å². The molecule has 1 aromatic carbocycles. The molecule has 1 aromatic heterocycles. The quantitative estimate of drug-likeness (QED) is 0.835. The number of nitrogens with two attached hydrogens (primary N) is 1. The summed E-state index contributed by atoms with van der Waals surface area (Å²) in [5.41, 5.74) is 8.95.